The molecule has 0 saturated carbocycles. The third-order valence-corrected chi connectivity index (χ3v) is 4.03. The monoisotopic (exact) mass is 382 g/mol. The zero-order valence-electron chi connectivity index (χ0n) is 13.1. The van der Waals surface area contributed by atoms with Gasteiger partial charge in [0, 0.05) is 30.7 Å². The van der Waals surface area contributed by atoms with Crippen molar-refractivity contribution in [2.45, 2.75) is 6.04 Å². The van der Waals surface area contributed by atoms with Gasteiger partial charge in [0.05, 0.1) is 17.4 Å². The summed E-state index contributed by atoms with van der Waals surface area (Å²) < 4.78 is 1.71. The van der Waals surface area contributed by atoms with Gasteiger partial charge in [-0.15, -0.1) is 24.8 Å². The normalized spacial score (nSPS) is 14.1. The minimum atomic E-state index is -0.417. The van der Waals surface area contributed by atoms with Gasteiger partial charge in [0.1, 0.15) is 0 Å². The SMILES string of the molecule is CNC(=O)Nc1ccc2c(c1)C(N)c1c-2[nH]c(=O)c2nccn12.Cl.Cl. The van der Waals surface area contributed by atoms with E-state index in [9.17, 15) is 9.59 Å². The first-order valence-electron chi connectivity index (χ1n) is 7.08. The summed E-state index contributed by atoms with van der Waals surface area (Å²) in [7, 11) is 1.55. The van der Waals surface area contributed by atoms with E-state index in [4.69, 9.17) is 5.73 Å². The number of imidazole rings is 1. The number of rotatable bonds is 1. The molecule has 0 radical (unpaired) electrons. The zero-order chi connectivity index (χ0) is 16.1. The van der Waals surface area contributed by atoms with Crippen molar-refractivity contribution in [3.05, 3.63) is 52.2 Å². The lowest BCUT2D eigenvalue weighted by atomic mass is 10.1. The van der Waals surface area contributed by atoms with Gasteiger partial charge in [0.15, 0.2) is 0 Å². The first-order chi connectivity index (χ1) is 11.1. The van der Waals surface area contributed by atoms with Crippen LogP contribution in [0.25, 0.3) is 16.9 Å². The van der Waals surface area contributed by atoms with E-state index in [1.54, 1.807) is 29.9 Å². The van der Waals surface area contributed by atoms with Gasteiger partial charge < -0.3 is 21.4 Å². The van der Waals surface area contributed by atoms with Gasteiger partial charge in [-0.3, -0.25) is 9.20 Å². The summed E-state index contributed by atoms with van der Waals surface area (Å²) in [5.41, 5.74) is 10.2. The predicted octanol–water partition coefficient (Wildman–Crippen LogP) is 1.65. The van der Waals surface area contributed by atoms with Gasteiger partial charge in [-0.1, -0.05) is 6.07 Å². The van der Waals surface area contributed by atoms with E-state index in [1.807, 2.05) is 12.1 Å². The van der Waals surface area contributed by atoms with Gasteiger partial charge in [0.25, 0.3) is 5.56 Å². The van der Waals surface area contributed by atoms with Crippen LogP contribution in [0.4, 0.5) is 10.5 Å². The van der Waals surface area contributed by atoms with Crippen LogP contribution in [0.5, 0.6) is 0 Å². The molecular formula is C15H16Cl2N6O2. The number of hydrogen-bond donors (Lipinski definition) is 4. The highest BCUT2D eigenvalue weighted by atomic mass is 35.5. The average Bonchev–Trinajstić information content (AvgIpc) is 3.12. The third kappa shape index (κ3) is 2.74. The Morgan fingerprint density at radius 2 is 2.12 bits per heavy atom. The number of nitrogens with zero attached hydrogens (tertiary/aromatic N) is 2. The lowest BCUT2D eigenvalue weighted by Crippen LogP contribution is -2.24. The Morgan fingerprint density at radius 3 is 2.84 bits per heavy atom. The summed E-state index contributed by atoms with van der Waals surface area (Å²) in [6.45, 7) is 0. The van der Waals surface area contributed by atoms with Crippen LogP contribution < -0.4 is 21.9 Å². The second kappa shape index (κ2) is 6.75. The molecule has 0 fully saturated rings. The second-order valence-electron chi connectivity index (χ2n) is 5.32. The van der Waals surface area contributed by atoms with Crippen molar-refractivity contribution < 1.29 is 4.79 Å². The number of hydrogen-bond acceptors (Lipinski definition) is 4. The highest BCUT2D eigenvalue weighted by molar-refractivity contribution is 5.90. The number of H-pyrrole nitrogens is 1. The first kappa shape index (κ1) is 18.8. The Hall–Kier alpha value is -2.55. The molecule has 1 atom stereocenters. The van der Waals surface area contributed by atoms with E-state index in [0.29, 0.717) is 17.0 Å². The van der Waals surface area contributed by atoms with Crippen LogP contribution >= 0.6 is 24.8 Å². The Balaban J connectivity index is 0.00000113. The number of aromatic amines is 1. The maximum atomic E-state index is 12.1. The molecule has 2 aromatic heterocycles. The first-order valence-corrected chi connectivity index (χ1v) is 7.08. The fraction of sp³-hybridized carbons (Fsp3) is 0.133. The molecule has 25 heavy (non-hydrogen) atoms. The highest BCUT2D eigenvalue weighted by Gasteiger charge is 2.30. The topological polar surface area (TPSA) is 117 Å². The maximum Gasteiger partial charge on any atom is 0.318 e. The summed E-state index contributed by atoms with van der Waals surface area (Å²) >= 11 is 0. The van der Waals surface area contributed by atoms with E-state index in [1.165, 1.54) is 0 Å². The number of urea groups is 1. The molecule has 2 heterocycles. The molecule has 1 aliphatic rings. The maximum absolute atomic E-state index is 12.1. The van der Waals surface area contributed by atoms with Crippen molar-refractivity contribution in [1.82, 2.24) is 19.7 Å². The summed E-state index contributed by atoms with van der Waals surface area (Å²) in [6, 6.07) is 4.70. The summed E-state index contributed by atoms with van der Waals surface area (Å²) in [5, 5.41) is 5.21. The van der Waals surface area contributed by atoms with Gasteiger partial charge in [-0.2, -0.15) is 0 Å². The number of fused-ring (bicyclic) bond motifs is 5. The fourth-order valence-corrected chi connectivity index (χ4v) is 3.00. The predicted molar refractivity (Wildman–Crippen MR) is 99.9 cm³/mol. The summed E-state index contributed by atoms with van der Waals surface area (Å²) in [4.78, 5) is 30.5. The molecule has 1 aromatic carbocycles. The van der Waals surface area contributed by atoms with Crippen LogP contribution in [-0.2, 0) is 0 Å². The number of anilines is 1. The molecule has 0 bridgehead atoms. The molecule has 132 valence electrons. The fourth-order valence-electron chi connectivity index (χ4n) is 3.00. The number of nitrogens with one attached hydrogen (secondary N) is 3. The number of halogens is 2. The summed E-state index contributed by atoms with van der Waals surface area (Å²) in [6.07, 6.45) is 3.29. The number of benzene rings is 1. The van der Waals surface area contributed by atoms with Crippen molar-refractivity contribution in [3.8, 4) is 11.3 Å². The van der Waals surface area contributed by atoms with Crippen LogP contribution in [-0.4, -0.2) is 27.4 Å². The minimum absolute atomic E-state index is 0. The lowest BCUT2D eigenvalue weighted by Gasteiger charge is -2.10. The largest absolute Gasteiger partial charge is 0.341 e. The van der Waals surface area contributed by atoms with Gasteiger partial charge in [-0.25, -0.2) is 9.78 Å². The zero-order valence-corrected chi connectivity index (χ0v) is 14.7. The Kier molecular flexibility index (Phi) is 5.07. The van der Waals surface area contributed by atoms with Crippen LogP contribution in [0.3, 0.4) is 0 Å². The van der Waals surface area contributed by atoms with Crippen LogP contribution in [0, 0.1) is 0 Å². The molecule has 3 aromatic rings. The second-order valence-corrected chi connectivity index (χ2v) is 5.32. The molecule has 4 rings (SSSR count). The average molecular weight is 383 g/mol. The molecule has 1 aliphatic carbocycles. The van der Waals surface area contributed by atoms with E-state index < -0.39 is 6.04 Å². The smallest absolute Gasteiger partial charge is 0.318 e. The van der Waals surface area contributed by atoms with E-state index >= 15 is 0 Å². The van der Waals surface area contributed by atoms with Crippen molar-refractivity contribution in [2.24, 2.45) is 5.73 Å². The molecule has 0 saturated heterocycles. The summed E-state index contributed by atoms with van der Waals surface area (Å²) in [5.74, 6) is 0. The molecule has 10 heteroatoms. The van der Waals surface area contributed by atoms with E-state index in [-0.39, 0.29) is 36.4 Å². The number of nitrogens with two attached hydrogens (primary N) is 1. The van der Waals surface area contributed by atoms with Crippen molar-refractivity contribution >= 4 is 42.2 Å². The molecular weight excluding hydrogens is 367 g/mol. The quantitative estimate of drug-likeness (QED) is 0.511. The standard InChI is InChI=1S/C15H14N6O2.2ClH/c1-17-15(23)19-7-2-3-8-9(6-7)10(16)12-11(8)20-14(22)13-18-4-5-21(12)13;;/h2-6,10H,16H2,1H3,(H,20,22)(H2,17,19,23);2*1H. The molecule has 0 aliphatic heterocycles. The number of amides is 2. The third-order valence-electron chi connectivity index (χ3n) is 4.03. The van der Waals surface area contributed by atoms with Crippen LogP contribution in [0.1, 0.15) is 17.3 Å². The number of carbonyl (C=O) groups is 1. The molecule has 0 spiro atoms. The van der Waals surface area contributed by atoms with Crippen LogP contribution in [0.2, 0.25) is 0 Å². The number of aromatic nitrogens is 3. The minimum Gasteiger partial charge on any atom is -0.341 e. The van der Waals surface area contributed by atoms with Crippen molar-refractivity contribution in [3.63, 3.8) is 0 Å². The van der Waals surface area contributed by atoms with Crippen molar-refractivity contribution in [2.75, 3.05) is 12.4 Å². The molecule has 5 N–H and O–H groups in total. The van der Waals surface area contributed by atoms with Crippen molar-refractivity contribution in [1.29, 1.82) is 0 Å². The Bertz CT molecular complexity index is 1010. The lowest BCUT2D eigenvalue weighted by molar-refractivity contribution is 0.254. The Morgan fingerprint density at radius 1 is 1.36 bits per heavy atom. The van der Waals surface area contributed by atoms with Gasteiger partial charge in [0.2, 0.25) is 5.65 Å². The Labute approximate surface area is 154 Å². The van der Waals surface area contributed by atoms with Crippen LogP contribution in [0.15, 0.2) is 35.4 Å². The number of carbonyl (C=O) groups excluding carboxylic acids is 1. The highest BCUT2D eigenvalue weighted by Crippen LogP contribution is 2.41. The van der Waals surface area contributed by atoms with E-state index in [2.05, 4.69) is 20.6 Å². The van der Waals surface area contributed by atoms with E-state index in [0.717, 1.165) is 16.8 Å². The molecule has 8 nitrogen and oxygen atoms in total. The van der Waals surface area contributed by atoms with Gasteiger partial charge in [-0.05, 0) is 17.7 Å². The molecule has 1 unspecified atom stereocenters. The molecule has 2 amide bonds. The van der Waals surface area contributed by atoms with Gasteiger partial charge >= 0.3 is 6.03 Å².